The maximum atomic E-state index is 12.1. The van der Waals surface area contributed by atoms with Gasteiger partial charge in [0.15, 0.2) is 0 Å². The zero-order valence-electron chi connectivity index (χ0n) is 6.51. The van der Waals surface area contributed by atoms with Gasteiger partial charge in [-0.05, 0) is 12.1 Å². The number of rotatable bonds is 2. The molecule has 0 aromatic carbocycles. The summed E-state index contributed by atoms with van der Waals surface area (Å²) in [6.45, 7) is 3.28. The number of thiophene rings is 1. The first-order valence-electron chi connectivity index (χ1n) is 3.42. The minimum atomic E-state index is -4.33. The molecule has 1 aromatic rings. The smallest absolute Gasteiger partial charge is 0.383 e. The van der Waals surface area contributed by atoms with Crippen LogP contribution in [0.3, 0.4) is 0 Å². The fourth-order valence-corrected chi connectivity index (χ4v) is 1.64. The molecule has 0 bridgehead atoms. The van der Waals surface area contributed by atoms with E-state index in [1.165, 1.54) is 12.1 Å². The van der Waals surface area contributed by atoms with Gasteiger partial charge in [0.25, 0.3) is 0 Å². The van der Waals surface area contributed by atoms with E-state index in [0.29, 0.717) is 11.3 Å². The maximum absolute atomic E-state index is 12.1. The van der Waals surface area contributed by atoms with Crippen LogP contribution in [0, 0.1) is 0 Å². The Morgan fingerprint density at radius 1 is 1.46 bits per heavy atom. The van der Waals surface area contributed by atoms with Crippen molar-refractivity contribution in [2.24, 2.45) is 0 Å². The number of aliphatic hydroxyl groups excluding tert-OH is 1. The van der Waals surface area contributed by atoms with E-state index in [1.807, 2.05) is 0 Å². The van der Waals surface area contributed by atoms with Crippen molar-refractivity contribution < 1.29 is 18.3 Å². The van der Waals surface area contributed by atoms with Crippen LogP contribution in [0.5, 0.6) is 0 Å². The second-order valence-electron chi connectivity index (χ2n) is 2.38. The molecule has 1 unspecified atom stereocenters. The van der Waals surface area contributed by atoms with Gasteiger partial charge in [0.05, 0.1) is 0 Å². The quantitative estimate of drug-likeness (QED) is 0.741. The second-order valence-corrected chi connectivity index (χ2v) is 3.50. The topological polar surface area (TPSA) is 20.2 Å². The predicted octanol–water partition coefficient (Wildman–Crippen LogP) is 2.99. The molecule has 1 aromatic heterocycles. The zero-order chi connectivity index (χ0) is 10.1. The van der Waals surface area contributed by atoms with Gasteiger partial charge in [-0.25, -0.2) is 0 Å². The molecule has 1 nitrogen and oxygen atoms in total. The van der Waals surface area contributed by atoms with Gasteiger partial charge in [0, 0.05) is 4.88 Å². The van der Waals surface area contributed by atoms with Crippen LogP contribution in [0.15, 0.2) is 24.8 Å². The fourth-order valence-electron chi connectivity index (χ4n) is 0.780. The summed E-state index contributed by atoms with van der Waals surface area (Å²) in [7, 11) is 0. The van der Waals surface area contributed by atoms with Crippen molar-refractivity contribution in [2.75, 3.05) is 0 Å². The van der Waals surface area contributed by atoms with Gasteiger partial charge in [-0.3, -0.25) is 0 Å². The molecule has 1 N–H and O–H groups in total. The van der Waals surface area contributed by atoms with Gasteiger partial charge in [-0.15, -0.1) is 17.9 Å². The summed E-state index contributed by atoms with van der Waals surface area (Å²) in [5.74, 6) is 0. The first-order valence-corrected chi connectivity index (χ1v) is 4.24. The van der Waals surface area contributed by atoms with Crippen LogP contribution in [-0.2, 0) is 6.18 Å². The molecule has 1 rings (SSSR count). The Hall–Kier alpha value is -0.810. The Balaban J connectivity index is 2.93. The maximum Gasteiger partial charge on any atom is 0.425 e. The van der Waals surface area contributed by atoms with Gasteiger partial charge in [-0.2, -0.15) is 13.2 Å². The number of halogens is 3. The highest BCUT2D eigenvalue weighted by Crippen LogP contribution is 2.36. The van der Waals surface area contributed by atoms with E-state index >= 15 is 0 Å². The highest BCUT2D eigenvalue weighted by atomic mass is 32.1. The molecule has 0 fully saturated rings. The lowest BCUT2D eigenvalue weighted by atomic mass is 10.3. The lowest BCUT2D eigenvalue weighted by Crippen LogP contribution is -2.00. The molecule has 13 heavy (non-hydrogen) atoms. The Morgan fingerprint density at radius 2 is 2.08 bits per heavy atom. The first kappa shape index (κ1) is 10.3. The third-order valence-electron chi connectivity index (χ3n) is 1.42. The van der Waals surface area contributed by atoms with Crippen molar-refractivity contribution in [1.82, 2.24) is 0 Å². The van der Waals surface area contributed by atoms with E-state index in [9.17, 15) is 13.2 Å². The highest BCUT2D eigenvalue weighted by molar-refractivity contribution is 7.12. The molecule has 5 heteroatoms. The summed E-state index contributed by atoms with van der Waals surface area (Å²) < 4.78 is 36.2. The Morgan fingerprint density at radius 3 is 2.46 bits per heavy atom. The molecule has 1 heterocycles. The van der Waals surface area contributed by atoms with E-state index < -0.39 is 17.2 Å². The summed E-state index contributed by atoms with van der Waals surface area (Å²) in [5, 5.41) is 9.13. The minimum Gasteiger partial charge on any atom is -0.383 e. The van der Waals surface area contributed by atoms with Gasteiger partial charge in [0.1, 0.15) is 11.0 Å². The van der Waals surface area contributed by atoms with Crippen LogP contribution in [0.1, 0.15) is 15.9 Å². The Labute approximate surface area is 77.1 Å². The van der Waals surface area contributed by atoms with Crippen LogP contribution in [0.2, 0.25) is 0 Å². The number of hydrogen-bond donors (Lipinski definition) is 1. The van der Waals surface area contributed by atoms with Crippen LogP contribution < -0.4 is 0 Å². The lowest BCUT2D eigenvalue weighted by Gasteiger charge is -2.02. The Bertz CT molecular complexity index is 303. The number of alkyl halides is 3. The number of aliphatic hydroxyl groups is 1. The molecule has 0 spiro atoms. The number of hydrogen-bond acceptors (Lipinski definition) is 2. The van der Waals surface area contributed by atoms with E-state index in [4.69, 9.17) is 5.11 Å². The van der Waals surface area contributed by atoms with Crippen LogP contribution in [0.25, 0.3) is 0 Å². The molecule has 0 saturated heterocycles. The van der Waals surface area contributed by atoms with Crippen molar-refractivity contribution in [3.8, 4) is 0 Å². The van der Waals surface area contributed by atoms with Gasteiger partial charge in [0.2, 0.25) is 0 Å². The normalized spacial score (nSPS) is 14.2. The molecule has 0 amide bonds. The molecule has 0 radical (unpaired) electrons. The summed E-state index contributed by atoms with van der Waals surface area (Å²) in [6.07, 6.45) is -4.16. The second kappa shape index (κ2) is 3.51. The third kappa shape index (κ3) is 2.32. The van der Waals surface area contributed by atoms with Gasteiger partial charge < -0.3 is 5.11 Å². The van der Waals surface area contributed by atoms with Gasteiger partial charge >= 0.3 is 6.18 Å². The van der Waals surface area contributed by atoms with Crippen molar-refractivity contribution in [1.29, 1.82) is 0 Å². The van der Waals surface area contributed by atoms with E-state index in [2.05, 4.69) is 6.58 Å². The summed E-state index contributed by atoms with van der Waals surface area (Å²) in [6, 6.07) is 2.20. The predicted molar refractivity (Wildman–Crippen MR) is 44.5 cm³/mol. The SMILES string of the molecule is C=CC(O)c1ccc(C(F)(F)F)s1. The van der Waals surface area contributed by atoms with Crippen molar-refractivity contribution in [2.45, 2.75) is 12.3 Å². The average Bonchev–Trinajstić information content (AvgIpc) is 2.50. The Kier molecular flexibility index (Phi) is 2.77. The fraction of sp³-hybridized carbons (Fsp3) is 0.250. The molecular formula is C8H7F3OS. The third-order valence-corrected chi connectivity index (χ3v) is 2.62. The van der Waals surface area contributed by atoms with Crippen LogP contribution >= 0.6 is 11.3 Å². The minimum absolute atomic E-state index is 0.252. The van der Waals surface area contributed by atoms with Crippen molar-refractivity contribution in [3.63, 3.8) is 0 Å². The van der Waals surface area contributed by atoms with E-state index in [-0.39, 0.29) is 4.88 Å². The van der Waals surface area contributed by atoms with Crippen LogP contribution in [-0.4, -0.2) is 5.11 Å². The summed E-state index contributed by atoms with van der Waals surface area (Å²) >= 11 is 0.526. The molecule has 0 aliphatic carbocycles. The molecule has 0 aliphatic heterocycles. The summed E-state index contributed by atoms with van der Waals surface area (Å²) in [4.78, 5) is -0.453. The standard InChI is InChI=1S/C8H7F3OS/c1-2-5(12)6-3-4-7(13-6)8(9,10)11/h2-5,12H,1H2. The first-order chi connectivity index (χ1) is 5.95. The van der Waals surface area contributed by atoms with Crippen molar-refractivity contribution in [3.05, 3.63) is 34.5 Å². The summed E-state index contributed by atoms with van der Waals surface area (Å²) in [5.41, 5.74) is 0. The average molecular weight is 208 g/mol. The lowest BCUT2D eigenvalue weighted by molar-refractivity contribution is -0.134. The monoisotopic (exact) mass is 208 g/mol. The zero-order valence-corrected chi connectivity index (χ0v) is 7.32. The van der Waals surface area contributed by atoms with Crippen molar-refractivity contribution >= 4 is 11.3 Å². The largest absolute Gasteiger partial charge is 0.425 e. The van der Waals surface area contributed by atoms with E-state index in [1.54, 1.807) is 0 Å². The molecule has 72 valence electrons. The molecule has 0 saturated carbocycles. The molecule has 0 aliphatic rings. The molecular weight excluding hydrogens is 201 g/mol. The van der Waals surface area contributed by atoms with E-state index in [0.717, 1.165) is 6.07 Å². The van der Waals surface area contributed by atoms with Crippen LogP contribution in [0.4, 0.5) is 13.2 Å². The molecule has 1 atom stereocenters. The highest BCUT2D eigenvalue weighted by Gasteiger charge is 2.32. The van der Waals surface area contributed by atoms with Gasteiger partial charge in [-0.1, -0.05) is 6.08 Å².